The first-order valence-corrected chi connectivity index (χ1v) is 9.44. The third-order valence-electron chi connectivity index (χ3n) is 4.34. The van der Waals surface area contributed by atoms with Crippen molar-refractivity contribution in [2.45, 2.75) is 25.3 Å². The van der Waals surface area contributed by atoms with Crippen molar-refractivity contribution in [2.24, 2.45) is 0 Å². The lowest BCUT2D eigenvalue weighted by Gasteiger charge is -2.17. The van der Waals surface area contributed by atoms with Crippen LogP contribution in [0.2, 0.25) is 0 Å². The van der Waals surface area contributed by atoms with Gasteiger partial charge in [-0.25, -0.2) is 4.79 Å². The van der Waals surface area contributed by atoms with E-state index in [1.807, 2.05) is 12.1 Å². The molecule has 0 saturated heterocycles. The van der Waals surface area contributed by atoms with Gasteiger partial charge in [0.05, 0.1) is 0 Å². The maximum atomic E-state index is 12.0. The monoisotopic (exact) mass is 421 g/mol. The summed E-state index contributed by atoms with van der Waals surface area (Å²) in [6.07, 6.45) is 0.586. The van der Waals surface area contributed by atoms with Crippen LogP contribution in [-0.2, 0) is 4.74 Å². The number of benzene rings is 2. The lowest BCUT2D eigenvalue weighted by atomic mass is 9.98. The van der Waals surface area contributed by atoms with E-state index in [4.69, 9.17) is 4.74 Å². The van der Waals surface area contributed by atoms with E-state index in [0.29, 0.717) is 6.61 Å². The number of hydrogen-bond donors (Lipinski definition) is 1. The summed E-state index contributed by atoms with van der Waals surface area (Å²) in [5.74, 6) is 0.118. The first kappa shape index (κ1) is 16.3. The van der Waals surface area contributed by atoms with Gasteiger partial charge in [-0.05, 0) is 28.7 Å². The van der Waals surface area contributed by atoms with Crippen molar-refractivity contribution in [2.75, 3.05) is 11.0 Å². The fourth-order valence-corrected chi connectivity index (χ4v) is 3.90. The lowest BCUT2D eigenvalue weighted by molar-refractivity contribution is 0.140. The Morgan fingerprint density at radius 1 is 1.13 bits per heavy atom. The minimum absolute atomic E-state index is 0.118. The smallest absolute Gasteiger partial charge is 0.407 e. The number of ether oxygens (including phenoxy) is 1. The third-order valence-corrected chi connectivity index (χ3v) is 5.41. The number of alkyl carbamates (subject to hydrolysis) is 1. The van der Waals surface area contributed by atoms with Gasteiger partial charge in [0, 0.05) is 16.4 Å². The highest BCUT2D eigenvalue weighted by molar-refractivity contribution is 14.1. The molecule has 0 aromatic heterocycles. The summed E-state index contributed by atoms with van der Waals surface area (Å²) in [7, 11) is 0. The van der Waals surface area contributed by atoms with E-state index < -0.39 is 0 Å². The van der Waals surface area contributed by atoms with Crippen molar-refractivity contribution in [1.82, 2.24) is 5.32 Å². The van der Waals surface area contributed by atoms with Gasteiger partial charge in [-0.3, -0.25) is 0 Å². The van der Waals surface area contributed by atoms with Crippen LogP contribution in [-0.4, -0.2) is 23.2 Å². The molecular formula is C19H20INO2. The minimum Gasteiger partial charge on any atom is -0.449 e. The van der Waals surface area contributed by atoms with E-state index >= 15 is 0 Å². The fourth-order valence-electron chi connectivity index (χ4n) is 3.06. The molecule has 1 atom stereocenters. The number of halogens is 1. The fraction of sp³-hybridized carbons (Fsp3) is 0.316. The topological polar surface area (TPSA) is 38.3 Å². The van der Waals surface area contributed by atoms with E-state index in [2.05, 4.69) is 71.2 Å². The van der Waals surface area contributed by atoms with Crippen LogP contribution in [0.4, 0.5) is 4.79 Å². The summed E-state index contributed by atoms with van der Waals surface area (Å²) in [6.45, 7) is 2.44. The van der Waals surface area contributed by atoms with E-state index in [1.54, 1.807) is 0 Å². The molecule has 3 nitrogen and oxygen atoms in total. The van der Waals surface area contributed by atoms with Crippen molar-refractivity contribution < 1.29 is 9.53 Å². The summed E-state index contributed by atoms with van der Waals surface area (Å²) in [5, 5.41) is 2.92. The van der Waals surface area contributed by atoms with Gasteiger partial charge < -0.3 is 10.1 Å². The molecule has 2 aromatic rings. The van der Waals surface area contributed by atoms with Crippen molar-refractivity contribution in [3.8, 4) is 11.1 Å². The molecule has 1 amide bonds. The molecule has 0 aliphatic heterocycles. The van der Waals surface area contributed by atoms with Gasteiger partial charge in [-0.1, -0.05) is 78.0 Å². The molecule has 0 heterocycles. The molecule has 0 unspecified atom stereocenters. The molecule has 0 radical (unpaired) electrons. The number of nitrogens with one attached hydrogen (secondary N) is 1. The van der Waals surface area contributed by atoms with Crippen LogP contribution in [0.5, 0.6) is 0 Å². The average molecular weight is 421 g/mol. The molecule has 0 saturated carbocycles. The number of amides is 1. The molecule has 0 fully saturated rings. The minimum atomic E-state index is -0.324. The van der Waals surface area contributed by atoms with Crippen LogP contribution in [0, 0.1) is 0 Å². The maximum Gasteiger partial charge on any atom is 0.407 e. The summed E-state index contributed by atoms with van der Waals surface area (Å²) in [4.78, 5) is 12.0. The molecule has 120 valence electrons. The predicted octanol–water partition coefficient (Wildman–Crippen LogP) is 4.74. The van der Waals surface area contributed by atoms with Crippen LogP contribution < -0.4 is 5.32 Å². The molecule has 23 heavy (non-hydrogen) atoms. The SMILES string of the molecule is CC[C@@H](CI)NC(=O)OCC1c2ccccc2-c2ccccc21. The molecule has 4 heteroatoms. The van der Waals surface area contributed by atoms with Gasteiger partial charge in [0.2, 0.25) is 0 Å². The normalized spacial score (nSPS) is 14.0. The molecule has 3 rings (SSSR count). The van der Waals surface area contributed by atoms with Crippen LogP contribution in [0.1, 0.15) is 30.4 Å². The largest absolute Gasteiger partial charge is 0.449 e. The molecule has 0 spiro atoms. The predicted molar refractivity (Wildman–Crippen MR) is 101 cm³/mol. The Hall–Kier alpha value is -1.56. The molecule has 1 N–H and O–H groups in total. The number of fused-ring (bicyclic) bond motifs is 3. The van der Waals surface area contributed by atoms with Gasteiger partial charge in [-0.15, -0.1) is 0 Å². The Balaban J connectivity index is 1.75. The van der Waals surface area contributed by atoms with Crippen molar-refractivity contribution in [1.29, 1.82) is 0 Å². The average Bonchev–Trinajstić information content (AvgIpc) is 2.92. The molecular weight excluding hydrogens is 401 g/mol. The highest BCUT2D eigenvalue weighted by Gasteiger charge is 2.29. The van der Waals surface area contributed by atoms with Crippen molar-refractivity contribution in [3.05, 3.63) is 59.7 Å². The maximum absolute atomic E-state index is 12.0. The van der Waals surface area contributed by atoms with Crippen LogP contribution in [0.25, 0.3) is 11.1 Å². The molecule has 0 bridgehead atoms. The number of carbonyl (C=O) groups excluding carboxylic acids is 1. The summed E-state index contributed by atoms with van der Waals surface area (Å²) < 4.78 is 6.41. The van der Waals surface area contributed by atoms with Gasteiger partial charge in [0.1, 0.15) is 6.61 Å². The zero-order chi connectivity index (χ0) is 16.2. The standard InChI is InChI=1S/C19H20INO2/c1-2-13(11-20)21-19(22)23-12-18-16-9-5-3-7-14(16)15-8-4-6-10-17(15)18/h3-10,13,18H,2,11-12H2,1H3,(H,21,22)/t13-/m0/s1. The first-order chi connectivity index (χ1) is 11.2. The third kappa shape index (κ3) is 3.37. The van der Waals surface area contributed by atoms with E-state index in [-0.39, 0.29) is 18.1 Å². The highest BCUT2D eigenvalue weighted by Crippen LogP contribution is 2.44. The molecule has 1 aliphatic carbocycles. The van der Waals surface area contributed by atoms with Crippen LogP contribution in [0.15, 0.2) is 48.5 Å². The Morgan fingerprint density at radius 3 is 2.22 bits per heavy atom. The second-order valence-electron chi connectivity index (χ2n) is 5.73. The van der Waals surface area contributed by atoms with E-state index in [9.17, 15) is 4.79 Å². The summed E-state index contributed by atoms with van der Waals surface area (Å²) >= 11 is 2.28. The van der Waals surface area contributed by atoms with E-state index in [1.165, 1.54) is 22.3 Å². The number of carbonyl (C=O) groups is 1. The molecule has 1 aliphatic rings. The van der Waals surface area contributed by atoms with Gasteiger partial charge in [0.25, 0.3) is 0 Å². The number of hydrogen-bond acceptors (Lipinski definition) is 2. The van der Waals surface area contributed by atoms with Crippen molar-refractivity contribution in [3.63, 3.8) is 0 Å². The van der Waals surface area contributed by atoms with Crippen LogP contribution >= 0.6 is 22.6 Å². The lowest BCUT2D eigenvalue weighted by Crippen LogP contribution is -2.36. The Bertz CT molecular complexity index is 652. The summed E-state index contributed by atoms with van der Waals surface area (Å²) in [6, 6.07) is 16.9. The second-order valence-corrected chi connectivity index (χ2v) is 6.61. The first-order valence-electron chi connectivity index (χ1n) is 7.92. The Kier molecular flexibility index (Phi) is 5.20. The number of rotatable bonds is 5. The zero-order valence-corrected chi connectivity index (χ0v) is 15.2. The number of alkyl halides is 1. The van der Waals surface area contributed by atoms with Crippen LogP contribution in [0.3, 0.4) is 0 Å². The van der Waals surface area contributed by atoms with Gasteiger partial charge >= 0.3 is 6.09 Å². The summed E-state index contributed by atoms with van der Waals surface area (Å²) in [5.41, 5.74) is 4.97. The van der Waals surface area contributed by atoms with Crippen molar-refractivity contribution >= 4 is 28.7 Å². The van der Waals surface area contributed by atoms with Gasteiger partial charge in [0.15, 0.2) is 0 Å². The second kappa shape index (κ2) is 7.34. The Morgan fingerprint density at radius 2 is 1.70 bits per heavy atom. The highest BCUT2D eigenvalue weighted by atomic mass is 127. The molecule has 2 aromatic carbocycles. The zero-order valence-electron chi connectivity index (χ0n) is 13.1. The Labute approximate surface area is 150 Å². The van der Waals surface area contributed by atoms with Gasteiger partial charge in [-0.2, -0.15) is 0 Å². The quantitative estimate of drug-likeness (QED) is 0.560. The van der Waals surface area contributed by atoms with E-state index in [0.717, 1.165) is 10.8 Å².